The minimum absolute atomic E-state index is 0.0506. The molecule has 1 aromatic rings. The smallest absolute Gasteiger partial charge is 0.148 e. The number of hydrazine groups is 1. The summed E-state index contributed by atoms with van der Waals surface area (Å²) in [5, 5.41) is 3.39. The highest BCUT2D eigenvalue weighted by atomic mass is 16.5. The lowest BCUT2D eigenvalue weighted by molar-refractivity contribution is 0.185. The Morgan fingerprint density at radius 2 is 2.19 bits per heavy atom. The normalized spacial score (nSPS) is 24.4. The molecule has 16 heavy (non-hydrogen) atoms. The molecular weight excluding hydrogens is 206 g/mol. The van der Waals surface area contributed by atoms with Crippen molar-refractivity contribution in [2.75, 3.05) is 24.0 Å². The number of anilines is 2. The van der Waals surface area contributed by atoms with Crippen LogP contribution in [0.25, 0.3) is 0 Å². The van der Waals surface area contributed by atoms with Crippen LogP contribution in [0.15, 0.2) is 6.33 Å². The average molecular weight is 223 g/mol. The topological polar surface area (TPSA) is 85.1 Å². The van der Waals surface area contributed by atoms with Crippen molar-refractivity contribution in [3.05, 3.63) is 11.9 Å². The second-order valence-corrected chi connectivity index (χ2v) is 4.33. The van der Waals surface area contributed by atoms with Gasteiger partial charge in [0, 0.05) is 12.2 Å². The molecule has 0 aromatic carbocycles. The van der Waals surface area contributed by atoms with Crippen LogP contribution >= 0.6 is 0 Å². The lowest BCUT2D eigenvalue weighted by Crippen LogP contribution is -2.35. The molecule has 6 heteroatoms. The third-order valence-electron chi connectivity index (χ3n) is 2.86. The van der Waals surface area contributed by atoms with Crippen LogP contribution < -0.4 is 16.6 Å². The minimum atomic E-state index is -0.0506. The fourth-order valence-electron chi connectivity index (χ4n) is 1.77. The van der Waals surface area contributed by atoms with Crippen LogP contribution in [0.3, 0.4) is 0 Å². The predicted octanol–water partition coefficient (Wildman–Crippen LogP) is 0.662. The summed E-state index contributed by atoms with van der Waals surface area (Å²) in [4.78, 5) is 8.26. The standard InChI is InChI=1S/C10H17N5O/c1-7-8(12-6-13-9(7)15-11)14-10(2)3-4-16-5-10/h6H,3-5,11H2,1-2H3,(H2,12,13,14,15). The van der Waals surface area contributed by atoms with Gasteiger partial charge in [-0.25, -0.2) is 15.8 Å². The van der Waals surface area contributed by atoms with Crippen molar-refractivity contribution >= 4 is 11.6 Å². The van der Waals surface area contributed by atoms with Crippen molar-refractivity contribution in [2.45, 2.75) is 25.8 Å². The third kappa shape index (κ3) is 2.07. The van der Waals surface area contributed by atoms with Crippen LogP contribution in [0, 0.1) is 6.92 Å². The Morgan fingerprint density at radius 3 is 2.81 bits per heavy atom. The summed E-state index contributed by atoms with van der Waals surface area (Å²) in [5.74, 6) is 6.81. The van der Waals surface area contributed by atoms with Gasteiger partial charge in [-0.3, -0.25) is 0 Å². The maximum Gasteiger partial charge on any atom is 0.148 e. The molecule has 2 heterocycles. The van der Waals surface area contributed by atoms with E-state index in [-0.39, 0.29) is 5.54 Å². The van der Waals surface area contributed by atoms with E-state index in [2.05, 4.69) is 27.6 Å². The second-order valence-electron chi connectivity index (χ2n) is 4.33. The van der Waals surface area contributed by atoms with Crippen LogP contribution in [-0.2, 0) is 4.74 Å². The Labute approximate surface area is 94.6 Å². The zero-order valence-electron chi connectivity index (χ0n) is 9.58. The second kappa shape index (κ2) is 4.23. The highest BCUT2D eigenvalue weighted by molar-refractivity contribution is 5.56. The van der Waals surface area contributed by atoms with Crippen molar-refractivity contribution < 1.29 is 4.74 Å². The van der Waals surface area contributed by atoms with E-state index in [1.165, 1.54) is 6.33 Å². The van der Waals surface area contributed by atoms with Crippen LogP contribution in [0.4, 0.5) is 11.6 Å². The Kier molecular flexibility index (Phi) is 2.93. The number of nitrogen functional groups attached to an aromatic ring is 1. The third-order valence-corrected chi connectivity index (χ3v) is 2.86. The fraction of sp³-hybridized carbons (Fsp3) is 0.600. The summed E-state index contributed by atoms with van der Waals surface area (Å²) < 4.78 is 5.38. The lowest BCUT2D eigenvalue weighted by atomic mass is 10.0. The monoisotopic (exact) mass is 223 g/mol. The van der Waals surface area contributed by atoms with Crippen LogP contribution in [0.2, 0.25) is 0 Å². The molecule has 1 aliphatic rings. The zero-order chi connectivity index (χ0) is 11.6. The van der Waals surface area contributed by atoms with Gasteiger partial charge in [-0.15, -0.1) is 0 Å². The van der Waals surface area contributed by atoms with E-state index >= 15 is 0 Å². The van der Waals surface area contributed by atoms with Crippen LogP contribution in [0.1, 0.15) is 18.9 Å². The number of ether oxygens (including phenoxy) is 1. The first-order chi connectivity index (χ1) is 7.64. The zero-order valence-corrected chi connectivity index (χ0v) is 9.58. The van der Waals surface area contributed by atoms with Crippen molar-refractivity contribution in [1.82, 2.24) is 9.97 Å². The van der Waals surface area contributed by atoms with E-state index in [1.54, 1.807) is 0 Å². The number of nitrogens with one attached hydrogen (secondary N) is 2. The van der Waals surface area contributed by atoms with Crippen LogP contribution in [-0.4, -0.2) is 28.7 Å². The lowest BCUT2D eigenvalue weighted by Gasteiger charge is -2.25. The number of rotatable bonds is 3. The highest BCUT2D eigenvalue weighted by Crippen LogP contribution is 2.26. The van der Waals surface area contributed by atoms with E-state index in [4.69, 9.17) is 10.6 Å². The molecule has 1 aliphatic heterocycles. The molecule has 0 spiro atoms. The van der Waals surface area contributed by atoms with Gasteiger partial charge >= 0.3 is 0 Å². The Hall–Kier alpha value is -1.40. The molecule has 0 aliphatic carbocycles. The van der Waals surface area contributed by atoms with Crippen molar-refractivity contribution in [3.63, 3.8) is 0 Å². The van der Waals surface area contributed by atoms with Gasteiger partial charge in [-0.2, -0.15) is 0 Å². The Bertz CT molecular complexity index is 375. The number of nitrogens with zero attached hydrogens (tertiary/aromatic N) is 2. The van der Waals surface area contributed by atoms with Crippen molar-refractivity contribution in [3.8, 4) is 0 Å². The molecule has 0 bridgehead atoms. The van der Waals surface area contributed by atoms with E-state index in [0.29, 0.717) is 12.4 Å². The van der Waals surface area contributed by atoms with E-state index in [9.17, 15) is 0 Å². The molecule has 0 amide bonds. The average Bonchev–Trinajstić information content (AvgIpc) is 2.68. The van der Waals surface area contributed by atoms with Gasteiger partial charge in [-0.05, 0) is 20.3 Å². The first kappa shape index (κ1) is 11.1. The first-order valence-corrected chi connectivity index (χ1v) is 5.29. The highest BCUT2D eigenvalue weighted by Gasteiger charge is 2.30. The number of aromatic nitrogens is 2. The van der Waals surface area contributed by atoms with E-state index in [1.807, 2.05) is 6.92 Å². The maximum absolute atomic E-state index is 5.38. The van der Waals surface area contributed by atoms with Gasteiger partial charge in [0.15, 0.2) is 0 Å². The SMILES string of the molecule is Cc1c(NN)ncnc1NC1(C)CCOC1. The summed E-state index contributed by atoms with van der Waals surface area (Å²) >= 11 is 0. The van der Waals surface area contributed by atoms with Gasteiger partial charge < -0.3 is 15.5 Å². The fourth-order valence-corrected chi connectivity index (χ4v) is 1.77. The summed E-state index contributed by atoms with van der Waals surface area (Å²) in [6.45, 7) is 5.53. The van der Waals surface area contributed by atoms with Gasteiger partial charge in [-0.1, -0.05) is 0 Å². The van der Waals surface area contributed by atoms with Crippen molar-refractivity contribution in [1.29, 1.82) is 0 Å². The minimum Gasteiger partial charge on any atom is -0.379 e. The number of hydrogen-bond donors (Lipinski definition) is 3. The molecule has 88 valence electrons. The van der Waals surface area contributed by atoms with Gasteiger partial charge in [0.1, 0.15) is 18.0 Å². The molecular formula is C10H17N5O. The number of nitrogens with two attached hydrogens (primary N) is 1. The molecule has 1 fully saturated rings. The molecule has 1 saturated heterocycles. The quantitative estimate of drug-likeness (QED) is 0.515. The van der Waals surface area contributed by atoms with E-state index in [0.717, 1.165) is 24.4 Å². The van der Waals surface area contributed by atoms with E-state index < -0.39 is 0 Å². The molecule has 1 atom stereocenters. The Balaban J connectivity index is 2.21. The largest absolute Gasteiger partial charge is 0.379 e. The molecule has 0 saturated carbocycles. The maximum atomic E-state index is 5.38. The molecule has 0 radical (unpaired) electrons. The summed E-state index contributed by atoms with van der Waals surface area (Å²) in [7, 11) is 0. The van der Waals surface area contributed by atoms with Crippen LogP contribution in [0.5, 0.6) is 0 Å². The molecule has 6 nitrogen and oxygen atoms in total. The predicted molar refractivity (Wildman–Crippen MR) is 62.0 cm³/mol. The van der Waals surface area contributed by atoms with Gasteiger partial charge in [0.05, 0.1) is 12.1 Å². The molecule has 1 unspecified atom stereocenters. The van der Waals surface area contributed by atoms with Gasteiger partial charge in [0.2, 0.25) is 0 Å². The number of hydrogen-bond acceptors (Lipinski definition) is 6. The summed E-state index contributed by atoms with van der Waals surface area (Å²) in [6.07, 6.45) is 2.46. The first-order valence-electron chi connectivity index (χ1n) is 5.29. The molecule has 4 N–H and O–H groups in total. The summed E-state index contributed by atoms with van der Waals surface area (Å²) in [6, 6.07) is 0. The Morgan fingerprint density at radius 1 is 1.44 bits per heavy atom. The molecule has 1 aromatic heterocycles. The van der Waals surface area contributed by atoms with Gasteiger partial charge in [0.25, 0.3) is 0 Å². The summed E-state index contributed by atoms with van der Waals surface area (Å²) in [5.41, 5.74) is 3.42. The molecule has 2 rings (SSSR count). The van der Waals surface area contributed by atoms with Crippen molar-refractivity contribution in [2.24, 2.45) is 5.84 Å².